The van der Waals surface area contributed by atoms with E-state index in [-0.39, 0.29) is 6.42 Å². The summed E-state index contributed by atoms with van der Waals surface area (Å²) in [7, 11) is 0. The molecule has 28 heavy (non-hydrogen) atoms. The van der Waals surface area contributed by atoms with E-state index >= 15 is 0 Å². The molecule has 1 aromatic heterocycles. The highest BCUT2D eigenvalue weighted by molar-refractivity contribution is 5.92. The molecule has 14 nitrogen and oxygen atoms in total. The Kier molecular flexibility index (Phi) is 8.15. The molecule has 1 aromatic rings. The summed E-state index contributed by atoms with van der Waals surface area (Å²) >= 11 is 0. The molecular formula is C14H21N5O9. The molecule has 3 atom stereocenters. The summed E-state index contributed by atoms with van der Waals surface area (Å²) in [5, 5.41) is 35.8. The van der Waals surface area contributed by atoms with Crippen LogP contribution in [-0.2, 0) is 19.2 Å². The van der Waals surface area contributed by atoms with Crippen molar-refractivity contribution in [3.8, 4) is 11.6 Å². The van der Waals surface area contributed by atoms with E-state index in [1.807, 2.05) is 10.4 Å². The predicted octanol–water partition coefficient (Wildman–Crippen LogP) is -3.51. The number of H-pyrrole nitrogens is 2. The zero-order valence-corrected chi connectivity index (χ0v) is 14.7. The van der Waals surface area contributed by atoms with E-state index in [4.69, 9.17) is 10.8 Å². The third-order valence-corrected chi connectivity index (χ3v) is 3.39. The van der Waals surface area contributed by atoms with Crippen molar-refractivity contribution in [2.75, 3.05) is 6.61 Å². The Morgan fingerprint density at radius 3 is 2.21 bits per heavy atom. The molecule has 0 fully saturated rings. The predicted molar refractivity (Wildman–Crippen MR) is 90.2 cm³/mol. The number of carbonyl (C=O) groups is 4. The molecule has 0 saturated carbocycles. The minimum atomic E-state index is -1.75. The lowest BCUT2D eigenvalue weighted by molar-refractivity contribution is -0.146. The van der Waals surface area contributed by atoms with E-state index in [0.29, 0.717) is 0 Å². The molecular weight excluding hydrogens is 382 g/mol. The fraction of sp³-hybridized carbons (Fsp3) is 0.500. The molecule has 2 amide bonds. The van der Waals surface area contributed by atoms with Gasteiger partial charge in [-0.1, -0.05) is 0 Å². The van der Waals surface area contributed by atoms with Crippen LogP contribution < -0.4 is 26.7 Å². The Balaban J connectivity index is 2.78. The summed E-state index contributed by atoms with van der Waals surface area (Å²) < 4.78 is 4.62. The van der Waals surface area contributed by atoms with Crippen LogP contribution >= 0.6 is 0 Å². The molecule has 14 heteroatoms. The average Bonchev–Trinajstić information content (AvgIpc) is 2.92. The van der Waals surface area contributed by atoms with Crippen molar-refractivity contribution in [1.82, 2.24) is 20.8 Å². The molecule has 0 bridgehead atoms. The lowest BCUT2D eigenvalue weighted by atomic mass is 10.1. The van der Waals surface area contributed by atoms with Gasteiger partial charge in [-0.3, -0.25) is 29.4 Å². The second-order valence-corrected chi connectivity index (χ2v) is 5.70. The Morgan fingerprint density at radius 1 is 1.14 bits per heavy atom. The number of aliphatic carboxylic acids is 1. The number of nitrogens with one attached hydrogen (secondary N) is 4. The number of esters is 1. The van der Waals surface area contributed by atoms with Gasteiger partial charge in [0.2, 0.25) is 17.6 Å². The maximum absolute atomic E-state index is 12.2. The lowest BCUT2D eigenvalue weighted by Gasteiger charge is -2.21. The van der Waals surface area contributed by atoms with Crippen molar-refractivity contribution in [3.63, 3.8) is 0 Å². The number of aliphatic hydroxyl groups is 1. The Morgan fingerprint density at radius 2 is 1.75 bits per heavy atom. The van der Waals surface area contributed by atoms with Gasteiger partial charge < -0.3 is 36.4 Å². The minimum Gasteiger partial charge on any atom is -0.499 e. The number of rotatable bonds is 10. The Bertz CT molecular complexity index is 784. The Labute approximate surface area is 157 Å². The second kappa shape index (κ2) is 10.1. The summed E-state index contributed by atoms with van der Waals surface area (Å²) in [5.41, 5.74) is 4.42. The van der Waals surface area contributed by atoms with Gasteiger partial charge in [-0.05, 0) is 13.3 Å². The minimum absolute atomic E-state index is 0.223. The van der Waals surface area contributed by atoms with Crippen LogP contribution in [0.5, 0.6) is 11.6 Å². The van der Waals surface area contributed by atoms with E-state index in [2.05, 4.69) is 15.2 Å². The number of hydrogen-bond acceptors (Lipinski definition) is 9. The standard InChI is InChI=1S/C14H21N5O9/c1-5(15)10(23)16-6(2-3-20)11(24)17-7(14(26)27)4-8(21)28-13-9(22)12(25)18-19-13/h5-7,20,22H,2-4,15H2,1H3,(H,16,23)(H,17,24)(H,26,27)(H2,18,19,25)/t5-,6-,7-/m0/s1. The summed E-state index contributed by atoms with van der Waals surface area (Å²) in [6.45, 7) is 0.872. The SMILES string of the molecule is C[C@H](N)C(=O)N[C@@H](CCO)C(=O)N[C@@H](CC(=O)Oc1[nH][nH]c(=O)c1O)C(=O)O. The highest BCUT2D eigenvalue weighted by Gasteiger charge is 2.29. The highest BCUT2D eigenvalue weighted by atomic mass is 16.5. The number of aromatic hydroxyl groups is 1. The highest BCUT2D eigenvalue weighted by Crippen LogP contribution is 2.17. The number of aromatic amines is 2. The van der Waals surface area contributed by atoms with E-state index in [0.717, 1.165) is 0 Å². The fourth-order valence-electron chi connectivity index (χ4n) is 1.90. The zero-order chi connectivity index (χ0) is 21.4. The summed E-state index contributed by atoms with van der Waals surface area (Å²) in [6.07, 6.45) is -1.08. The molecule has 0 spiro atoms. The van der Waals surface area contributed by atoms with Gasteiger partial charge in [0.1, 0.15) is 12.1 Å². The van der Waals surface area contributed by atoms with Crippen molar-refractivity contribution in [2.45, 2.75) is 37.9 Å². The molecule has 1 rings (SSSR count). The van der Waals surface area contributed by atoms with E-state index in [1.54, 1.807) is 0 Å². The van der Waals surface area contributed by atoms with E-state index < -0.39 is 72.1 Å². The van der Waals surface area contributed by atoms with Gasteiger partial charge in [0.15, 0.2) is 0 Å². The number of carboxylic acids is 1. The zero-order valence-electron chi connectivity index (χ0n) is 14.7. The van der Waals surface area contributed by atoms with Gasteiger partial charge >= 0.3 is 17.5 Å². The van der Waals surface area contributed by atoms with E-state index in [1.165, 1.54) is 6.92 Å². The molecule has 1 heterocycles. The second-order valence-electron chi connectivity index (χ2n) is 5.70. The maximum atomic E-state index is 12.2. The largest absolute Gasteiger partial charge is 0.499 e. The lowest BCUT2D eigenvalue weighted by Crippen LogP contribution is -2.54. The molecule has 0 saturated heterocycles. The van der Waals surface area contributed by atoms with Crippen LogP contribution in [0.15, 0.2) is 4.79 Å². The van der Waals surface area contributed by atoms with Crippen LogP contribution in [0.25, 0.3) is 0 Å². The molecule has 0 radical (unpaired) electrons. The van der Waals surface area contributed by atoms with Crippen LogP contribution in [0.1, 0.15) is 19.8 Å². The van der Waals surface area contributed by atoms with Gasteiger partial charge in [0.05, 0.1) is 12.5 Å². The fourth-order valence-corrected chi connectivity index (χ4v) is 1.90. The smallest absolute Gasteiger partial charge is 0.326 e. The normalized spacial score (nSPS) is 13.8. The van der Waals surface area contributed by atoms with Crippen molar-refractivity contribution >= 4 is 23.8 Å². The summed E-state index contributed by atoms with van der Waals surface area (Å²) in [6, 6.07) is -3.98. The third-order valence-electron chi connectivity index (χ3n) is 3.39. The van der Waals surface area contributed by atoms with Crippen LogP contribution in [0.4, 0.5) is 0 Å². The van der Waals surface area contributed by atoms with Gasteiger partial charge in [-0.2, -0.15) is 0 Å². The van der Waals surface area contributed by atoms with Crippen molar-refractivity contribution in [2.24, 2.45) is 5.73 Å². The monoisotopic (exact) mass is 403 g/mol. The number of amides is 2. The van der Waals surface area contributed by atoms with Gasteiger partial charge in [-0.15, -0.1) is 0 Å². The number of nitrogens with two attached hydrogens (primary N) is 1. The number of carbonyl (C=O) groups excluding carboxylic acids is 3. The quantitative estimate of drug-likeness (QED) is 0.179. The third kappa shape index (κ3) is 6.40. The van der Waals surface area contributed by atoms with E-state index in [9.17, 15) is 34.2 Å². The first kappa shape index (κ1) is 22.7. The molecule has 156 valence electrons. The van der Waals surface area contributed by atoms with Crippen molar-refractivity contribution < 1.29 is 39.2 Å². The van der Waals surface area contributed by atoms with Gasteiger partial charge in [-0.25, -0.2) is 4.79 Å². The average molecular weight is 403 g/mol. The number of ether oxygens (including phenoxy) is 1. The first-order valence-corrected chi connectivity index (χ1v) is 7.97. The van der Waals surface area contributed by atoms with Crippen molar-refractivity contribution in [3.05, 3.63) is 10.4 Å². The first-order valence-electron chi connectivity index (χ1n) is 7.97. The molecule has 0 aliphatic heterocycles. The molecule has 0 unspecified atom stereocenters. The molecule has 0 aromatic carbocycles. The maximum Gasteiger partial charge on any atom is 0.326 e. The number of hydrogen-bond donors (Lipinski definition) is 8. The summed E-state index contributed by atoms with van der Waals surface area (Å²) in [4.78, 5) is 58.0. The summed E-state index contributed by atoms with van der Waals surface area (Å²) in [5.74, 6) is -5.97. The number of carboxylic acid groups (broad SMARTS) is 1. The van der Waals surface area contributed by atoms with Crippen LogP contribution in [0, 0.1) is 0 Å². The Hall–Kier alpha value is -3.39. The topological polar surface area (TPSA) is 237 Å². The number of aromatic nitrogens is 2. The van der Waals surface area contributed by atoms with Gasteiger partial charge in [0, 0.05) is 6.61 Å². The van der Waals surface area contributed by atoms with Crippen LogP contribution in [0.2, 0.25) is 0 Å². The molecule has 0 aliphatic rings. The van der Waals surface area contributed by atoms with Crippen molar-refractivity contribution in [1.29, 1.82) is 0 Å². The molecule has 9 N–H and O–H groups in total. The molecule has 0 aliphatic carbocycles. The van der Waals surface area contributed by atoms with Gasteiger partial charge in [0.25, 0.3) is 5.88 Å². The van der Waals surface area contributed by atoms with Crippen LogP contribution in [0.3, 0.4) is 0 Å². The first-order chi connectivity index (χ1) is 13.1. The van der Waals surface area contributed by atoms with Crippen LogP contribution in [-0.4, -0.2) is 74.0 Å². The number of aliphatic hydroxyl groups excluding tert-OH is 1.